The minimum atomic E-state index is 0.278. The highest BCUT2D eigenvalue weighted by Gasteiger charge is 2.07. The maximum Gasteiger partial charge on any atom is 0.00795 e. The lowest BCUT2D eigenvalue weighted by molar-refractivity contribution is 0.580. The van der Waals surface area contributed by atoms with Crippen LogP contribution in [-0.2, 0) is 12.8 Å². The van der Waals surface area contributed by atoms with Gasteiger partial charge in [0.15, 0.2) is 0 Å². The highest BCUT2D eigenvalue weighted by atomic mass is 32.1. The molecule has 2 aromatic rings. The molecule has 1 nitrogen and oxygen atoms in total. The summed E-state index contributed by atoms with van der Waals surface area (Å²) in [6.07, 6.45) is 4.45. The summed E-state index contributed by atoms with van der Waals surface area (Å²) in [7, 11) is 0. The van der Waals surface area contributed by atoms with Gasteiger partial charge in [0.25, 0.3) is 0 Å². The minimum absolute atomic E-state index is 0.278. The Kier molecular flexibility index (Phi) is 5.17. The van der Waals surface area contributed by atoms with Gasteiger partial charge in [0.2, 0.25) is 0 Å². The number of benzene rings is 1. The summed E-state index contributed by atoms with van der Waals surface area (Å²) >= 11 is 1.84. The lowest BCUT2D eigenvalue weighted by atomic mass is 9.96. The highest BCUT2D eigenvalue weighted by molar-refractivity contribution is 7.09. The molecule has 0 aliphatic rings. The van der Waals surface area contributed by atoms with E-state index in [1.807, 2.05) is 11.3 Å². The first-order valence-corrected chi connectivity index (χ1v) is 7.87. The predicted molar refractivity (Wildman–Crippen MR) is 84.9 cm³/mol. The van der Waals surface area contributed by atoms with Gasteiger partial charge in [-0.15, -0.1) is 11.3 Å². The van der Waals surface area contributed by atoms with E-state index in [9.17, 15) is 0 Å². The van der Waals surface area contributed by atoms with Crippen LogP contribution in [0.3, 0.4) is 0 Å². The molecule has 0 bridgehead atoms. The maximum atomic E-state index is 6.27. The van der Waals surface area contributed by atoms with Crippen molar-refractivity contribution in [1.82, 2.24) is 0 Å². The molecule has 1 heterocycles. The average Bonchev–Trinajstić information content (AvgIpc) is 2.87. The van der Waals surface area contributed by atoms with Crippen molar-refractivity contribution in [1.29, 1.82) is 0 Å². The van der Waals surface area contributed by atoms with Crippen molar-refractivity contribution < 1.29 is 0 Å². The minimum Gasteiger partial charge on any atom is -0.327 e. The monoisotopic (exact) mass is 273 g/mol. The Morgan fingerprint density at radius 3 is 2.79 bits per heavy atom. The van der Waals surface area contributed by atoms with E-state index >= 15 is 0 Å². The van der Waals surface area contributed by atoms with E-state index in [0.717, 1.165) is 19.3 Å². The van der Waals surface area contributed by atoms with Crippen molar-refractivity contribution in [3.8, 4) is 0 Å². The molecule has 0 saturated heterocycles. The van der Waals surface area contributed by atoms with Gasteiger partial charge in [0.1, 0.15) is 0 Å². The summed E-state index contributed by atoms with van der Waals surface area (Å²) in [4.78, 5) is 1.47. The van der Waals surface area contributed by atoms with Gasteiger partial charge in [-0.25, -0.2) is 0 Å². The summed E-state index contributed by atoms with van der Waals surface area (Å²) < 4.78 is 0. The second-order valence-electron chi connectivity index (χ2n) is 5.37. The molecule has 0 aliphatic heterocycles. The molecule has 1 aromatic heterocycles. The van der Waals surface area contributed by atoms with Crippen LogP contribution in [0.1, 0.15) is 34.4 Å². The van der Waals surface area contributed by atoms with Crippen LogP contribution in [-0.4, -0.2) is 6.04 Å². The van der Waals surface area contributed by atoms with Gasteiger partial charge in [-0.2, -0.15) is 0 Å². The van der Waals surface area contributed by atoms with Gasteiger partial charge in [0, 0.05) is 10.9 Å². The molecule has 1 unspecified atom stereocenters. The molecule has 0 radical (unpaired) electrons. The third-order valence-corrected chi connectivity index (χ3v) is 4.50. The normalized spacial score (nSPS) is 12.6. The zero-order valence-electron chi connectivity index (χ0n) is 11.9. The first-order valence-electron chi connectivity index (χ1n) is 6.99. The van der Waals surface area contributed by atoms with E-state index in [1.165, 1.54) is 28.0 Å². The third-order valence-electron chi connectivity index (χ3n) is 3.56. The molecular weight excluding hydrogens is 250 g/mol. The fourth-order valence-electron chi connectivity index (χ4n) is 2.40. The van der Waals surface area contributed by atoms with Gasteiger partial charge in [-0.3, -0.25) is 0 Å². The number of nitrogens with two attached hydrogens (primary N) is 1. The number of rotatable bonds is 6. The highest BCUT2D eigenvalue weighted by Crippen LogP contribution is 2.16. The Hall–Kier alpha value is -1.12. The van der Waals surface area contributed by atoms with E-state index in [-0.39, 0.29) is 6.04 Å². The smallest absolute Gasteiger partial charge is 0.00795 e. The largest absolute Gasteiger partial charge is 0.327 e. The second kappa shape index (κ2) is 6.88. The molecule has 1 aromatic carbocycles. The van der Waals surface area contributed by atoms with Crippen molar-refractivity contribution in [2.75, 3.05) is 0 Å². The molecule has 19 heavy (non-hydrogen) atoms. The number of thiophene rings is 1. The van der Waals surface area contributed by atoms with Crippen LogP contribution in [0.25, 0.3) is 0 Å². The second-order valence-corrected chi connectivity index (χ2v) is 6.40. The summed E-state index contributed by atoms with van der Waals surface area (Å²) in [5.41, 5.74) is 10.4. The summed E-state index contributed by atoms with van der Waals surface area (Å²) in [6, 6.07) is 11.2. The van der Waals surface area contributed by atoms with Crippen LogP contribution in [0.2, 0.25) is 0 Å². The topological polar surface area (TPSA) is 26.0 Å². The van der Waals surface area contributed by atoms with E-state index in [0.29, 0.717) is 0 Å². The van der Waals surface area contributed by atoms with Crippen LogP contribution in [0.4, 0.5) is 0 Å². The molecule has 0 amide bonds. The Labute approximate surface area is 120 Å². The van der Waals surface area contributed by atoms with Gasteiger partial charge < -0.3 is 5.73 Å². The maximum absolute atomic E-state index is 6.27. The van der Waals surface area contributed by atoms with Crippen molar-refractivity contribution in [3.05, 3.63) is 57.3 Å². The summed E-state index contributed by atoms with van der Waals surface area (Å²) in [6.45, 7) is 4.32. The lowest BCUT2D eigenvalue weighted by Gasteiger charge is -2.14. The first-order chi connectivity index (χ1) is 9.15. The van der Waals surface area contributed by atoms with Crippen molar-refractivity contribution in [3.63, 3.8) is 0 Å². The van der Waals surface area contributed by atoms with Gasteiger partial charge in [-0.05, 0) is 62.1 Å². The quantitative estimate of drug-likeness (QED) is 0.836. The molecular formula is C17H23NS. The zero-order chi connectivity index (χ0) is 13.7. The van der Waals surface area contributed by atoms with Crippen molar-refractivity contribution >= 4 is 11.3 Å². The lowest BCUT2D eigenvalue weighted by Crippen LogP contribution is -2.23. The Balaban J connectivity index is 1.80. The Bertz CT molecular complexity index is 502. The Morgan fingerprint density at radius 1 is 1.21 bits per heavy atom. The van der Waals surface area contributed by atoms with Crippen LogP contribution in [0, 0.1) is 13.8 Å². The van der Waals surface area contributed by atoms with E-state index in [1.54, 1.807) is 0 Å². The van der Waals surface area contributed by atoms with E-state index in [2.05, 4.69) is 49.6 Å². The van der Waals surface area contributed by atoms with E-state index < -0.39 is 0 Å². The number of hydrogen-bond donors (Lipinski definition) is 1. The molecule has 0 fully saturated rings. The summed E-state index contributed by atoms with van der Waals surface area (Å²) in [5.74, 6) is 0. The molecule has 102 valence electrons. The fraction of sp³-hybridized carbons (Fsp3) is 0.412. The molecule has 2 N–H and O–H groups in total. The van der Waals surface area contributed by atoms with Crippen LogP contribution in [0.15, 0.2) is 35.7 Å². The first kappa shape index (κ1) is 14.3. The Morgan fingerprint density at radius 2 is 2.05 bits per heavy atom. The van der Waals surface area contributed by atoms with Crippen LogP contribution in [0.5, 0.6) is 0 Å². The molecule has 0 spiro atoms. The predicted octanol–water partition coefficient (Wildman–Crippen LogP) is 4.26. The standard InChI is InChI=1S/C17H23NS/c1-13-8-9-14(2)15(11-13)12-16(18)5-3-6-17-7-4-10-19-17/h4,7-11,16H,3,5-6,12,18H2,1-2H3. The zero-order valence-corrected chi connectivity index (χ0v) is 12.7. The van der Waals surface area contributed by atoms with Gasteiger partial charge in [-0.1, -0.05) is 29.8 Å². The van der Waals surface area contributed by atoms with Gasteiger partial charge in [0.05, 0.1) is 0 Å². The molecule has 2 rings (SSSR count). The number of aryl methyl sites for hydroxylation is 3. The SMILES string of the molecule is Cc1ccc(C)c(CC(N)CCCc2cccs2)c1. The molecule has 0 saturated carbocycles. The summed E-state index contributed by atoms with van der Waals surface area (Å²) in [5, 5.41) is 2.14. The fourth-order valence-corrected chi connectivity index (χ4v) is 3.15. The van der Waals surface area contributed by atoms with Crippen molar-refractivity contribution in [2.45, 2.75) is 45.6 Å². The average molecular weight is 273 g/mol. The molecule has 2 heteroatoms. The van der Waals surface area contributed by atoms with Gasteiger partial charge >= 0.3 is 0 Å². The van der Waals surface area contributed by atoms with E-state index in [4.69, 9.17) is 5.73 Å². The van der Waals surface area contributed by atoms with Crippen LogP contribution >= 0.6 is 11.3 Å². The van der Waals surface area contributed by atoms with Crippen molar-refractivity contribution in [2.24, 2.45) is 5.73 Å². The molecule has 0 aliphatic carbocycles. The molecule has 1 atom stereocenters. The third kappa shape index (κ3) is 4.48. The number of hydrogen-bond acceptors (Lipinski definition) is 2. The van der Waals surface area contributed by atoms with Crippen LogP contribution < -0.4 is 5.73 Å².